The minimum absolute atomic E-state index is 0.101. The van der Waals surface area contributed by atoms with Crippen molar-refractivity contribution in [3.8, 4) is 11.5 Å². The predicted molar refractivity (Wildman–Crippen MR) is 93.0 cm³/mol. The van der Waals surface area contributed by atoms with Crippen LogP contribution in [0.25, 0.3) is 0 Å². The molecule has 4 nitrogen and oxygen atoms in total. The van der Waals surface area contributed by atoms with Crippen LogP contribution in [-0.4, -0.2) is 31.1 Å². The molecule has 0 bridgehead atoms. The van der Waals surface area contributed by atoms with Crippen LogP contribution in [0, 0.1) is 5.92 Å². The van der Waals surface area contributed by atoms with Crippen LogP contribution in [0.1, 0.15) is 18.4 Å². The largest absolute Gasteiger partial charge is 0.457 e. The molecule has 0 radical (unpaired) electrons. The number of carbonyl (C=O) groups excluding carboxylic acids is 1. The monoisotopic (exact) mass is 325 g/mol. The summed E-state index contributed by atoms with van der Waals surface area (Å²) in [7, 11) is 1.87. The van der Waals surface area contributed by atoms with E-state index in [1.165, 1.54) is 0 Å². The second kappa shape index (κ2) is 7.97. The summed E-state index contributed by atoms with van der Waals surface area (Å²) in [5.41, 5.74) is 1.10. The molecule has 1 heterocycles. The van der Waals surface area contributed by atoms with E-state index in [0.29, 0.717) is 19.8 Å². The van der Waals surface area contributed by atoms with Gasteiger partial charge in [0.15, 0.2) is 0 Å². The fourth-order valence-electron chi connectivity index (χ4n) is 2.90. The second-order valence-corrected chi connectivity index (χ2v) is 6.14. The van der Waals surface area contributed by atoms with E-state index in [-0.39, 0.29) is 11.8 Å². The fourth-order valence-corrected chi connectivity index (χ4v) is 2.90. The zero-order chi connectivity index (χ0) is 16.8. The van der Waals surface area contributed by atoms with Crippen LogP contribution in [0.5, 0.6) is 11.5 Å². The quantitative estimate of drug-likeness (QED) is 0.838. The highest BCUT2D eigenvalue weighted by molar-refractivity contribution is 5.78. The van der Waals surface area contributed by atoms with Crippen LogP contribution in [0.15, 0.2) is 54.6 Å². The first-order valence-electron chi connectivity index (χ1n) is 8.37. The van der Waals surface area contributed by atoms with Gasteiger partial charge in [-0.15, -0.1) is 0 Å². The molecule has 1 aliphatic heterocycles. The smallest absolute Gasteiger partial charge is 0.225 e. The first-order chi connectivity index (χ1) is 11.7. The van der Waals surface area contributed by atoms with E-state index in [0.717, 1.165) is 29.9 Å². The van der Waals surface area contributed by atoms with Crippen molar-refractivity contribution in [2.75, 3.05) is 20.3 Å². The Balaban J connectivity index is 1.56. The van der Waals surface area contributed by atoms with E-state index in [2.05, 4.69) is 0 Å². The summed E-state index contributed by atoms with van der Waals surface area (Å²) in [6, 6.07) is 17.6. The average Bonchev–Trinajstić information content (AvgIpc) is 2.64. The van der Waals surface area contributed by atoms with Crippen molar-refractivity contribution in [1.82, 2.24) is 4.90 Å². The third-order valence-corrected chi connectivity index (χ3v) is 4.27. The molecule has 126 valence electrons. The van der Waals surface area contributed by atoms with Crippen molar-refractivity contribution in [3.05, 3.63) is 60.2 Å². The Morgan fingerprint density at radius 2 is 1.67 bits per heavy atom. The number of hydrogen-bond acceptors (Lipinski definition) is 3. The van der Waals surface area contributed by atoms with Crippen molar-refractivity contribution < 1.29 is 14.3 Å². The van der Waals surface area contributed by atoms with E-state index in [9.17, 15) is 4.79 Å². The maximum atomic E-state index is 12.5. The molecule has 0 spiro atoms. The lowest BCUT2D eigenvalue weighted by Crippen LogP contribution is -2.35. The molecule has 0 aliphatic carbocycles. The summed E-state index contributed by atoms with van der Waals surface area (Å²) in [6.45, 7) is 1.99. The van der Waals surface area contributed by atoms with Crippen molar-refractivity contribution in [1.29, 1.82) is 0 Å². The van der Waals surface area contributed by atoms with Crippen LogP contribution >= 0.6 is 0 Å². The Bertz CT molecular complexity index is 648. The lowest BCUT2D eigenvalue weighted by atomic mass is 9.98. The third kappa shape index (κ3) is 4.36. The van der Waals surface area contributed by atoms with Gasteiger partial charge in [0, 0.05) is 32.7 Å². The normalized spacial score (nSPS) is 15.0. The number of carbonyl (C=O) groups is 1. The number of amides is 1. The van der Waals surface area contributed by atoms with Crippen molar-refractivity contribution in [3.63, 3.8) is 0 Å². The Hall–Kier alpha value is -2.33. The third-order valence-electron chi connectivity index (χ3n) is 4.27. The van der Waals surface area contributed by atoms with E-state index < -0.39 is 0 Å². The minimum atomic E-state index is 0.101. The highest BCUT2D eigenvalue weighted by Crippen LogP contribution is 2.22. The molecule has 0 aromatic heterocycles. The van der Waals surface area contributed by atoms with Gasteiger partial charge in [0.25, 0.3) is 0 Å². The Morgan fingerprint density at radius 1 is 1.04 bits per heavy atom. The molecule has 1 fully saturated rings. The summed E-state index contributed by atoms with van der Waals surface area (Å²) in [4.78, 5) is 14.3. The number of hydrogen-bond donors (Lipinski definition) is 0. The summed E-state index contributed by atoms with van der Waals surface area (Å²) in [5.74, 6) is 1.92. The summed E-state index contributed by atoms with van der Waals surface area (Å²) in [5, 5.41) is 0. The number of ether oxygens (including phenoxy) is 2. The van der Waals surface area contributed by atoms with Crippen LogP contribution in [0.4, 0.5) is 0 Å². The lowest BCUT2D eigenvalue weighted by molar-refractivity contribution is -0.137. The summed E-state index contributed by atoms with van der Waals surface area (Å²) in [6.07, 6.45) is 1.65. The van der Waals surface area contributed by atoms with Gasteiger partial charge in [0.1, 0.15) is 11.5 Å². The van der Waals surface area contributed by atoms with Crippen LogP contribution in [0.2, 0.25) is 0 Å². The summed E-state index contributed by atoms with van der Waals surface area (Å²) < 4.78 is 11.1. The second-order valence-electron chi connectivity index (χ2n) is 6.14. The number of benzene rings is 2. The van der Waals surface area contributed by atoms with Gasteiger partial charge >= 0.3 is 0 Å². The molecular formula is C20H23NO3. The molecule has 0 atom stereocenters. The molecule has 4 heteroatoms. The van der Waals surface area contributed by atoms with Gasteiger partial charge in [-0.2, -0.15) is 0 Å². The molecule has 0 saturated carbocycles. The van der Waals surface area contributed by atoms with E-state index in [1.54, 1.807) is 0 Å². The SMILES string of the molecule is CN(Cc1ccc(Oc2ccccc2)cc1)C(=O)C1CCOCC1. The van der Waals surface area contributed by atoms with Crippen LogP contribution in [0.3, 0.4) is 0 Å². The highest BCUT2D eigenvalue weighted by atomic mass is 16.5. The predicted octanol–water partition coefficient (Wildman–Crippen LogP) is 3.86. The zero-order valence-corrected chi connectivity index (χ0v) is 14.0. The standard InChI is InChI=1S/C20H23NO3/c1-21(20(22)17-11-13-23-14-12-17)15-16-7-9-19(10-8-16)24-18-5-3-2-4-6-18/h2-10,17H,11-15H2,1H3. The molecule has 1 amide bonds. The first kappa shape index (κ1) is 16.5. The molecule has 1 saturated heterocycles. The van der Waals surface area contributed by atoms with E-state index in [4.69, 9.17) is 9.47 Å². The molecule has 24 heavy (non-hydrogen) atoms. The highest BCUT2D eigenvalue weighted by Gasteiger charge is 2.24. The molecule has 3 rings (SSSR count). The maximum absolute atomic E-state index is 12.5. The van der Waals surface area contributed by atoms with Crippen molar-refractivity contribution in [2.24, 2.45) is 5.92 Å². The number of nitrogens with zero attached hydrogens (tertiary/aromatic N) is 1. The average molecular weight is 325 g/mol. The van der Waals surface area contributed by atoms with Gasteiger partial charge in [0.2, 0.25) is 5.91 Å². The molecule has 0 N–H and O–H groups in total. The van der Waals surface area contributed by atoms with Gasteiger partial charge in [0.05, 0.1) is 0 Å². The lowest BCUT2D eigenvalue weighted by Gasteiger charge is -2.26. The van der Waals surface area contributed by atoms with Gasteiger partial charge in [-0.05, 0) is 42.7 Å². The maximum Gasteiger partial charge on any atom is 0.225 e. The Kier molecular flexibility index (Phi) is 5.49. The number of para-hydroxylation sites is 1. The Labute approximate surface area is 143 Å². The minimum Gasteiger partial charge on any atom is -0.457 e. The van der Waals surface area contributed by atoms with Crippen molar-refractivity contribution in [2.45, 2.75) is 19.4 Å². The molecule has 1 aliphatic rings. The van der Waals surface area contributed by atoms with Crippen LogP contribution < -0.4 is 4.74 Å². The zero-order valence-electron chi connectivity index (χ0n) is 14.0. The molecule has 2 aromatic carbocycles. The van der Waals surface area contributed by atoms with Gasteiger partial charge in [-0.25, -0.2) is 0 Å². The number of rotatable bonds is 5. The van der Waals surface area contributed by atoms with E-state index >= 15 is 0 Å². The van der Waals surface area contributed by atoms with Crippen LogP contribution in [-0.2, 0) is 16.1 Å². The Morgan fingerprint density at radius 3 is 2.33 bits per heavy atom. The molecule has 0 unspecified atom stereocenters. The van der Waals surface area contributed by atoms with Crippen molar-refractivity contribution >= 4 is 5.91 Å². The first-order valence-corrected chi connectivity index (χ1v) is 8.37. The fraction of sp³-hybridized carbons (Fsp3) is 0.350. The van der Waals surface area contributed by atoms with Gasteiger partial charge < -0.3 is 14.4 Å². The van der Waals surface area contributed by atoms with Gasteiger partial charge in [-0.3, -0.25) is 4.79 Å². The van der Waals surface area contributed by atoms with E-state index in [1.807, 2.05) is 66.5 Å². The molecule has 2 aromatic rings. The summed E-state index contributed by atoms with van der Waals surface area (Å²) >= 11 is 0. The van der Waals surface area contributed by atoms with Gasteiger partial charge in [-0.1, -0.05) is 30.3 Å². The molecular weight excluding hydrogens is 302 g/mol. The topological polar surface area (TPSA) is 38.8 Å².